The first-order valence-corrected chi connectivity index (χ1v) is 10.4. The summed E-state index contributed by atoms with van der Waals surface area (Å²) in [5.74, 6) is -0.470. The number of amides is 1. The molecule has 1 amide bonds. The molecule has 1 aromatic carbocycles. The quantitative estimate of drug-likeness (QED) is 0.652. The fourth-order valence-electron chi connectivity index (χ4n) is 3.14. The zero-order valence-corrected chi connectivity index (χ0v) is 16.5. The molecule has 0 aromatic heterocycles. The van der Waals surface area contributed by atoms with E-state index < -0.39 is 46.0 Å². The molecule has 1 N–H and O–H groups in total. The Balaban J connectivity index is 1.60. The van der Waals surface area contributed by atoms with Crippen LogP contribution in [0.1, 0.15) is 12.8 Å². The molecule has 168 valence electrons. The molecule has 30 heavy (non-hydrogen) atoms. The number of sulfonamides is 1. The summed E-state index contributed by atoms with van der Waals surface area (Å²) in [7, 11) is -3.93. The van der Waals surface area contributed by atoms with E-state index in [4.69, 9.17) is 11.6 Å². The summed E-state index contributed by atoms with van der Waals surface area (Å²) in [6.45, 7) is -0.463. The maximum atomic E-state index is 12.5. The van der Waals surface area contributed by atoms with Gasteiger partial charge in [0.15, 0.2) is 0 Å². The van der Waals surface area contributed by atoms with Crippen LogP contribution in [0, 0.1) is 5.92 Å². The predicted molar refractivity (Wildman–Crippen MR) is 91.2 cm³/mol. The summed E-state index contributed by atoms with van der Waals surface area (Å²) in [5, 5.41) is 0.333. The lowest BCUT2D eigenvalue weighted by Crippen LogP contribution is -2.61. The van der Waals surface area contributed by atoms with Crippen molar-refractivity contribution in [2.45, 2.75) is 41.7 Å². The van der Waals surface area contributed by atoms with E-state index in [1.165, 1.54) is 24.3 Å². The number of hydrogen-bond donors (Lipinski definition) is 1. The minimum absolute atomic E-state index is 0.0491. The fourth-order valence-corrected chi connectivity index (χ4v) is 4.78. The van der Waals surface area contributed by atoms with Crippen molar-refractivity contribution in [1.29, 1.82) is 0 Å². The van der Waals surface area contributed by atoms with E-state index in [0.717, 1.165) is 0 Å². The topological polar surface area (TPSA) is 75.7 Å². The van der Waals surface area contributed by atoms with Gasteiger partial charge in [-0.2, -0.15) is 26.3 Å². The summed E-state index contributed by atoms with van der Waals surface area (Å²) < 4.78 is 106. The van der Waals surface area contributed by atoms with E-state index in [9.17, 15) is 39.6 Å². The molecular weight excluding hydrogens is 466 g/mol. The molecule has 3 rings (SSSR count). The van der Waals surface area contributed by atoms with Crippen molar-refractivity contribution in [2.75, 3.05) is 13.1 Å². The molecule has 0 atom stereocenters. The van der Waals surface area contributed by atoms with Gasteiger partial charge in [-0.15, -0.1) is 0 Å². The zero-order valence-electron chi connectivity index (χ0n) is 14.9. The number of rotatable bonds is 5. The number of nitrogens with one attached hydrogen (secondary N) is 1. The highest BCUT2D eigenvalue weighted by Gasteiger charge is 2.61. The van der Waals surface area contributed by atoms with E-state index in [2.05, 4.69) is 9.46 Å². The van der Waals surface area contributed by atoms with Gasteiger partial charge in [0, 0.05) is 29.6 Å². The molecule has 0 spiro atoms. The van der Waals surface area contributed by atoms with Crippen molar-refractivity contribution in [3.8, 4) is 0 Å². The Morgan fingerprint density at radius 3 is 2.03 bits per heavy atom. The average molecular weight is 481 g/mol. The first kappa shape index (κ1) is 22.9. The number of benzene rings is 1. The highest BCUT2D eigenvalue weighted by molar-refractivity contribution is 7.89. The Bertz CT molecular complexity index is 895. The van der Waals surface area contributed by atoms with Crippen LogP contribution >= 0.6 is 11.6 Å². The first-order valence-electron chi connectivity index (χ1n) is 8.53. The fraction of sp³-hybridized carbons (Fsp3) is 0.562. The SMILES string of the molecule is O=C(OC(C(F)(F)F)C(F)(F)F)N1CC(C2(NS(=O)(=O)c3ccc(Cl)cc3)CC2)C1. The summed E-state index contributed by atoms with van der Waals surface area (Å²) in [6.07, 6.45) is -16.8. The first-order chi connectivity index (χ1) is 13.6. The van der Waals surface area contributed by atoms with Gasteiger partial charge in [-0.1, -0.05) is 11.6 Å². The largest absolute Gasteiger partial charge is 0.434 e. The highest BCUT2D eigenvalue weighted by atomic mass is 35.5. The molecule has 0 radical (unpaired) electrons. The number of nitrogens with zero attached hydrogens (tertiary/aromatic N) is 1. The highest BCUT2D eigenvalue weighted by Crippen LogP contribution is 2.47. The minimum Gasteiger partial charge on any atom is -0.426 e. The third-order valence-corrected chi connectivity index (χ3v) is 6.80. The summed E-state index contributed by atoms with van der Waals surface area (Å²) >= 11 is 5.72. The van der Waals surface area contributed by atoms with Crippen molar-refractivity contribution >= 4 is 27.7 Å². The normalized spacial score (nSPS) is 19.5. The maximum absolute atomic E-state index is 12.5. The Morgan fingerprint density at radius 1 is 1.10 bits per heavy atom. The van der Waals surface area contributed by atoms with Crippen LogP contribution in [0.5, 0.6) is 0 Å². The average Bonchev–Trinajstić information content (AvgIpc) is 3.28. The number of alkyl halides is 6. The monoisotopic (exact) mass is 480 g/mol. The molecule has 1 saturated carbocycles. The minimum atomic E-state index is -5.80. The van der Waals surface area contributed by atoms with Gasteiger partial charge in [-0.25, -0.2) is 17.9 Å². The Kier molecular flexibility index (Phi) is 5.70. The maximum Gasteiger partial charge on any atom is 0.434 e. The van der Waals surface area contributed by atoms with Gasteiger partial charge in [0.25, 0.3) is 6.10 Å². The van der Waals surface area contributed by atoms with Crippen molar-refractivity contribution in [3.05, 3.63) is 29.3 Å². The van der Waals surface area contributed by atoms with Crippen LogP contribution in [0.25, 0.3) is 0 Å². The van der Waals surface area contributed by atoms with Gasteiger partial charge in [0.1, 0.15) is 0 Å². The summed E-state index contributed by atoms with van der Waals surface area (Å²) in [6, 6.07) is 5.35. The molecule has 6 nitrogen and oxygen atoms in total. The zero-order chi connectivity index (χ0) is 22.5. The summed E-state index contributed by atoms with van der Waals surface area (Å²) in [5.41, 5.74) is -0.914. The molecule has 1 aromatic rings. The molecular formula is C16H15ClF6N2O4S. The second-order valence-electron chi connectivity index (χ2n) is 7.16. The van der Waals surface area contributed by atoms with E-state index in [1.54, 1.807) is 0 Å². The molecule has 1 saturated heterocycles. The van der Waals surface area contributed by atoms with Crippen molar-refractivity contribution in [3.63, 3.8) is 0 Å². The lowest BCUT2D eigenvalue weighted by molar-refractivity contribution is -0.309. The van der Waals surface area contributed by atoms with Gasteiger partial charge < -0.3 is 9.64 Å². The van der Waals surface area contributed by atoms with E-state index in [-0.39, 0.29) is 18.0 Å². The molecule has 2 aliphatic rings. The summed E-state index contributed by atoms with van der Waals surface area (Å²) in [4.78, 5) is 12.3. The van der Waals surface area contributed by atoms with Crippen LogP contribution in [0.4, 0.5) is 31.1 Å². The number of hydrogen-bond acceptors (Lipinski definition) is 4. The van der Waals surface area contributed by atoms with Gasteiger partial charge in [-0.3, -0.25) is 0 Å². The molecule has 1 aliphatic heterocycles. The lowest BCUT2D eigenvalue weighted by atomic mass is 9.90. The number of carbonyl (C=O) groups is 1. The molecule has 1 heterocycles. The Morgan fingerprint density at radius 2 is 1.60 bits per heavy atom. The molecule has 0 bridgehead atoms. The third-order valence-electron chi connectivity index (χ3n) is 4.98. The van der Waals surface area contributed by atoms with Crippen LogP contribution in [-0.4, -0.2) is 56.5 Å². The number of halogens is 7. The van der Waals surface area contributed by atoms with Crippen molar-refractivity contribution < 1.29 is 44.3 Å². The molecule has 1 aliphatic carbocycles. The van der Waals surface area contributed by atoms with E-state index >= 15 is 0 Å². The number of likely N-dealkylation sites (tertiary alicyclic amines) is 1. The van der Waals surface area contributed by atoms with Crippen molar-refractivity contribution in [1.82, 2.24) is 9.62 Å². The van der Waals surface area contributed by atoms with Crippen LogP contribution in [0.15, 0.2) is 29.2 Å². The van der Waals surface area contributed by atoms with Crippen LogP contribution < -0.4 is 4.72 Å². The van der Waals surface area contributed by atoms with E-state index in [1.807, 2.05) is 0 Å². The second kappa shape index (κ2) is 7.45. The second-order valence-corrected chi connectivity index (χ2v) is 9.28. The Labute approximate surface area is 172 Å². The van der Waals surface area contributed by atoms with E-state index in [0.29, 0.717) is 22.8 Å². The third kappa shape index (κ3) is 4.78. The Hall–Kier alpha value is -1.73. The van der Waals surface area contributed by atoms with Crippen LogP contribution in [0.2, 0.25) is 5.02 Å². The number of carbonyl (C=O) groups excluding carboxylic acids is 1. The molecule has 0 unspecified atom stereocenters. The van der Waals surface area contributed by atoms with Gasteiger partial charge in [0.05, 0.1) is 4.90 Å². The van der Waals surface area contributed by atoms with Gasteiger partial charge >= 0.3 is 18.4 Å². The van der Waals surface area contributed by atoms with Crippen LogP contribution in [-0.2, 0) is 14.8 Å². The predicted octanol–water partition coefficient (Wildman–Crippen LogP) is 3.71. The van der Waals surface area contributed by atoms with Gasteiger partial charge in [-0.05, 0) is 37.1 Å². The smallest absolute Gasteiger partial charge is 0.426 e. The standard InChI is InChI=1S/C16H15ClF6N2O4S/c17-10-1-3-11(4-2-10)30(27,28)24-14(5-6-14)9-7-25(8-9)13(26)29-12(15(18,19)20)16(21,22)23/h1-4,9,12,24H,5-8H2. The molecule has 2 fully saturated rings. The number of ether oxygens (including phenoxy) is 1. The van der Waals surface area contributed by atoms with Crippen molar-refractivity contribution in [2.24, 2.45) is 5.92 Å². The van der Waals surface area contributed by atoms with Crippen LogP contribution in [0.3, 0.4) is 0 Å². The van der Waals surface area contributed by atoms with Gasteiger partial charge in [0.2, 0.25) is 10.0 Å². The lowest BCUT2D eigenvalue weighted by Gasteiger charge is -2.43. The molecule has 14 heteroatoms.